The topological polar surface area (TPSA) is 76.5 Å². The number of benzene rings is 1. The Hall–Kier alpha value is -2.67. The highest BCUT2D eigenvalue weighted by Crippen LogP contribution is 2.12. The monoisotopic (exact) mass is 328 g/mol. The van der Waals surface area contributed by atoms with Gasteiger partial charge in [-0.05, 0) is 18.2 Å². The molecule has 1 aliphatic heterocycles. The first-order valence-electron chi connectivity index (χ1n) is 7.77. The number of nitrogens with zero attached hydrogens (tertiary/aromatic N) is 3. The minimum atomic E-state index is -0.217. The van der Waals surface area contributed by atoms with E-state index in [9.17, 15) is 9.59 Å². The first-order chi connectivity index (χ1) is 11.6. The van der Waals surface area contributed by atoms with Gasteiger partial charge in [-0.3, -0.25) is 9.59 Å². The number of aromatic nitrogens is 2. The van der Waals surface area contributed by atoms with Crippen LogP contribution in [0.3, 0.4) is 0 Å². The van der Waals surface area contributed by atoms with Gasteiger partial charge >= 0.3 is 0 Å². The molecule has 0 atom stereocenters. The van der Waals surface area contributed by atoms with Crippen LogP contribution >= 0.6 is 0 Å². The summed E-state index contributed by atoms with van der Waals surface area (Å²) >= 11 is 0. The summed E-state index contributed by atoms with van der Waals surface area (Å²) < 4.78 is 7.42. The summed E-state index contributed by atoms with van der Waals surface area (Å²) in [5.41, 5.74) is 1.90. The fraction of sp³-hybridized carbons (Fsp3) is 0.353. The summed E-state index contributed by atoms with van der Waals surface area (Å²) in [6, 6.07) is 6.72. The van der Waals surface area contributed by atoms with E-state index in [-0.39, 0.29) is 11.8 Å². The summed E-state index contributed by atoms with van der Waals surface area (Å²) in [6.07, 6.45) is 1.76. The number of carbonyl (C=O) groups excluding carboxylic acids is 2. The summed E-state index contributed by atoms with van der Waals surface area (Å²) in [4.78, 5) is 30.1. The molecule has 0 bridgehead atoms. The van der Waals surface area contributed by atoms with E-state index in [0.717, 1.165) is 18.1 Å². The third-order valence-electron chi connectivity index (χ3n) is 3.92. The van der Waals surface area contributed by atoms with Gasteiger partial charge in [0.2, 0.25) is 0 Å². The zero-order valence-corrected chi connectivity index (χ0v) is 13.8. The highest BCUT2D eigenvalue weighted by molar-refractivity contribution is 5.99. The van der Waals surface area contributed by atoms with Crippen molar-refractivity contribution in [3.05, 3.63) is 53.1 Å². The van der Waals surface area contributed by atoms with Crippen LogP contribution in [0.4, 0.5) is 0 Å². The third-order valence-corrected chi connectivity index (χ3v) is 3.92. The van der Waals surface area contributed by atoms with Gasteiger partial charge in [0.05, 0.1) is 25.0 Å². The second-order valence-electron chi connectivity index (χ2n) is 5.83. The molecule has 2 aromatic rings. The van der Waals surface area contributed by atoms with Crippen LogP contribution in [0.1, 0.15) is 32.2 Å². The average Bonchev–Trinajstić information content (AvgIpc) is 3.02. The molecule has 0 spiro atoms. The lowest BCUT2D eigenvalue weighted by Crippen LogP contribution is -2.27. The zero-order valence-electron chi connectivity index (χ0n) is 13.8. The SMILES string of the molecule is CN(C)C(=O)c1cccc(C(=O)NCc2cnc3n2CCOC3)c1. The molecule has 2 heterocycles. The van der Waals surface area contributed by atoms with Crippen molar-refractivity contribution < 1.29 is 14.3 Å². The maximum Gasteiger partial charge on any atom is 0.253 e. The van der Waals surface area contributed by atoms with E-state index in [1.807, 2.05) is 0 Å². The molecule has 1 aromatic carbocycles. The molecule has 1 aromatic heterocycles. The van der Waals surface area contributed by atoms with Crippen LogP contribution in [0, 0.1) is 0 Å². The van der Waals surface area contributed by atoms with Crippen molar-refractivity contribution in [3.8, 4) is 0 Å². The van der Waals surface area contributed by atoms with Gasteiger partial charge in [0, 0.05) is 31.8 Å². The van der Waals surface area contributed by atoms with Crippen molar-refractivity contribution in [2.45, 2.75) is 19.7 Å². The van der Waals surface area contributed by atoms with Crippen molar-refractivity contribution in [1.29, 1.82) is 0 Å². The Labute approximate surface area is 140 Å². The summed E-state index contributed by atoms with van der Waals surface area (Å²) in [6.45, 7) is 2.28. The summed E-state index contributed by atoms with van der Waals surface area (Å²) in [5.74, 6) is 0.532. The van der Waals surface area contributed by atoms with Gasteiger partial charge in [-0.1, -0.05) is 6.07 Å². The van der Waals surface area contributed by atoms with E-state index in [1.54, 1.807) is 44.6 Å². The fourth-order valence-electron chi connectivity index (χ4n) is 2.63. The number of nitrogens with one attached hydrogen (secondary N) is 1. The Kier molecular flexibility index (Phi) is 4.61. The van der Waals surface area contributed by atoms with Crippen LogP contribution in [0.2, 0.25) is 0 Å². The highest BCUT2D eigenvalue weighted by atomic mass is 16.5. The van der Waals surface area contributed by atoms with Gasteiger partial charge in [0.15, 0.2) is 0 Å². The molecule has 0 aliphatic carbocycles. The number of hydrogen-bond acceptors (Lipinski definition) is 4. The van der Waals surface area contributed by atoms with Gasteiger partial charge in [-0.25, -0.2) is 4.98 Å². The first kappa shape index (κ1) is 16.2. The van der Waals surface area contributed by atoms with E-state index in [1.165, 1.54) is 4.90 Å². The number of amides is 2. The lowest BCUT2D eigenvalue weighted by Gasteiger charge is -2.17. The standard InChI is InChI=1S/C17H20N4O3/c1-20(2)17(23)13-5-3-4-12(8-13)16(22)19-10-14-9-18-15-11-24-7-6-21(14)15/h3-5,8-9H,6-7,10-11H2,1-2H3,(H,19,22). The molecule has 0 saturated carbocycles. The Morgan fingerprint density at radius 2 is 2.12 bits per heavy atom. The zero-order chi connectivity index (χ0) is 17.1. The molecule has 0 fully saturated rings. The molecule has 0 saturated heterocycles. The first-order valence-corrected chi connectivity index (χ1v) is 7.77. The van der Waals surface area contributed by atoms with Crippen LogP contribution in [0.25, 0.3) is 0 Å². The molecule has 1 aliphatic rings. The quantitative estimate of drug-likeness (QED) is 0.910. The number of rotatable bonds is 4. The summed E-state index contributed by atoms with van der Waals surface area (Å²) in [5, 5.41) is 2.88. The van der Waals surface area contributed by atoms with Crippen molar-refractivity contribution in [1.82, 2.24) is 19.8 Å². The average molecular weight is 328 g/mol. The van der Waals surface area contributed by atoms with Crippen molar-refractivity contribution in [2.24, 2.45) is 0 Å². The number of ether oxygens (including phenoxy) is 1. The lowest BCUT2D eigenvalue weighted by molar-refractivity contribution is 0.0802. The predicted molar refractivity (Wildman–Crippen MR) is 87.5 cm³/mol. The number of hydrogen-bond donors (Lipinski definition) is 1. The molecule has 24 heavy (non-hydrogen) atoms. The van der Waals surface area contributed by atoms with E-state index < -0.39 is 0 Å². The minimum absolute atomic E-state index is 0.130. The van der Waals surface area contributed by atoms with Crippen molar-refractivity contribution in [2.75, 3.05) is 20.7 Å². The molecule has 7 nitrogen and oxygen atoms in total. The molecule has 0 unspecified atom stereocenters. The second-order valence-corrected chi connectivity index (χ2v) is 5.83. The minimum Gasteiger partial charge on any atom is -0.372 e. The molecule has 126 valence electrons. The Morgan fingerprint density at radius 1 is 1.33 bits per heavy atom. The molecule has 7 heteroatoms. The number of imidazole rings is 1. The van der Waals surface area contributed by atoms with Crippen molar-refractivity contribution in [3.63, 3.8) is 0 Å². The van der Waals surface area contributed by atoms with Crippen LogP contribution < -0.4 is 5.32 Å². The Balaban J connectivity index is 1.68. The highest BCUT2D eigenvalue weighted by Gasteiger charge is 2.16. The number of fused-ring (bicyclic) bond motifs is 1. The smallest absolute Gasteiger partial charge is 0.253 e. The van der Waals surface area contributed by atoms with Crippen molar-refractivity contribution >= 4 is 11.8 Å². The van der Waals surface area contributed by atoms with Gasteiger partial charge in [0.25, 0.3) is 11.8 Å². The molecular weight excluding hydrogens is 308 g/mol. The van der Waals surface area contributed by atoms with Crippen LogP contribution in [-0.2, 0) is 24.4 Å². The maximum atomic E-state index is 12.4. The van der Waals surface area contributed by atoms with Crippen LogP contribution in [0.5, 0.6) is 0 Å². The van der Waals surface area contributed by atoms with Gasteiger partial charge in [-0.2, -0.15) is 0 Å². The Bertz CT molecular complexity index is 767. The normalized spacial score (nSPS) is 13.2. The largest absolute Gasteiger partial charge is 0.372 e. The van der Waals surface area contributed by atoms with Crippen LogP contribution in [0.15, 0.2) is 30.5 Å². The fourth-order valence-corrected chi connectivity index (χ4v) is 2.63. The van der Waals surface area contributed by atoms with E-state index in [2.05, 4.69) is 14.9 Å². The predicted octanol–water partition coefficient (Wildman–Crippen LogP) is 1.05. The summed E-state index contributed by atoms with van der Waals surface area (Å²) in [7, 11) is 3.36. The molecule has 0 radical (unpaired) electrons. The molecule has 2 amide bonds. The molecule has 1 N–H and O–H groups in total. The van der Waals surface area contributed by atoms with Gasteiger partial charge < -0.3 is 19.5 Å². The van der Waals surface area contributed by atoms with E-state index >= 15 is 0 Å². The Morgan fingerprint density at radius 3 is 2.92 bits per heavy atom. The van der Waals surface area contributed by atoms with Gasteiger partial charge in [-0.15, -0.1) is 0 Å². The van der Waals surface area contributed by atoms with Crippen LogP contribution in [-0.4, -0.2) is 47.0 Å². The van der Waals surface area contributed by atoms with E-state index in [4.69, 9.17) is 4.74 Å². The molecular formula is C17H20N4O3. The second kappa shape index (κ2) is 6.84. The van der Waals surface area contributed by atoms with E-state index in [0.29, 0.717) is 30.9 Å². The third kappa shape index (κ3) is 3.30. The number of carbonyl (C=O) groups is 2. The lowest BCUT2D eigenvalue weighted by atomic mass is 10.1. The molecule has 3 rings (SSSR count). The van der Waals surface area contributed by atoms with Gasteiger partial charge in [0.1, 0.15) is 12.4 Å². The maximum absolute atomic E-state index is 12.4.